The number of benzene rings is 1. The molecule has 1 atom stereocenters. The number of hydrogen-bond acceptors (Lipinski definition) is 7. The standard InChI is InChI=1S/C20H27N3O6/c1-12(2)23-17(7-8-21-23)22-20(25)13(3)29-18(24)11-14-9-15(26-4)19(28-6)16(10-14)27-5/h7-10,12-13H,11H2,1-6H3,(H,22,25)/t13-/m1/s1. The van der Waals surface area contributed by atoms with Crippen LogP contribution in [0.1, 0.15) is 32.4 Å². The molecule has 0 unspecified atom stereocenters. The molecule has 0 radical (unpaired) electrons. The zero-order valence-corrected chi connectivity index (χ0v) is 17.5. The fourth-order valence-electron chi connectivity index (χ4n) is 2.75. The number of nitrogens with one attached hydrogen (secondary N) is 1. The van der Waals surface area contributed by atoms with Crippen molar-refractivity contribution < 1.29 is 28.5 Å². The molecule has 29 heavy (non-hydrogen) atoms. The normalized spacial score (nSPS) is 11.7. The van der Waals surface area contributed by atoms with E-state index in [0.29, 0.717) is 28.6 Å². The summed E-state index contributed by atoms with van der Waals surface area (Å²) in [7, 11) is 4.49. The summed E-state index contributed by atoms with van der Waals surface area (Å²) in [6.07, 6.45) is 0.565. The summed E-state index contributed by atoms with van der Waals surface area (Å²) in [5, 5.41) is 6.87. The Labute approximate surface area is 169 Å². The van der Waals surface area contributed by atoms with Crippen LogP contribution in [0.15, 0.2) is 24.4 Å². The first-order chi connectivity index (χ1) is 13.8. The molecular weight excluding hydrogens is 378 g/mol. The Bertz CT molecular complexity index is 837. The molecule has 0 saturated heterocycles. The second-order valence-corrected chi connectivity index (χ2v) is 6.59. The van der Waals surface area contributed by atoms with Gasteiger partial charge in [-0.25, -0.2) is 4.68 Å². The summed E-state index contributed by atoms with van der Waals surface area (Å²) in [4.78, 5) is 24.7. The minimum atomic E-state index is -0.972. The van der Waals surface area contributed by atoms with Crippen LogP contribution in [0.4, 0.5) is 5.82 Å². The van der Waals surface area contributed by atoms with Crippen molar-refractivity contribution in [3.63, 3.8) is 0 Å². The number of methoxy groups -OCH3 is 3. The number of hydrogen-bond donors (Lipinski definition) is 1. The topological polar surface area (TPSA) is 101 Å². The van der Waals surface area contributed by atoms with Crippen LogP contribution in [0.5, 0.6) is 17.2 Å². The number of anilines is 1. The predicted molar refractivity (Wildman–Crippen MR) is 107 cm³/mol. The molecule has 9 nitrogen and oxygen atoms in total. The number of aromatic nitrogens is 2. The van der Waals surface area contributed by atoms with E-state index in [9.17, 15) is 9.59 Å². The van der Waals surface area contributed by atoms with Crippen LogP contribution in [-0.4, -0.2) is 49.1 Å². The number of amides is 1. The van der Waals surface area contributed by atoms with Crippen molar-refractivity contribution in [3.05, 3.63) is 30.0 Å². The van der Waals surface area contributed by atoms with E-state index in [1.807, 2.05) is 13.8 Å². The maximum atomic E-state index is 12.4. The second-order valence-electron chi connectivity index (χ2n) is 6.59. The summed E-state index contributed by atoms with van der Waals surface area (Å²) in [6.45, 7) is 5.41. The first-order valence-corrected chi connectivity index (χ1v) is 9.13. The minimum absolute atomic E-state index is 0.0573. The van der Waals surface area contributed by atoms with Gasteiger partial charge in [0.2, 0.25) is 5.75 Å². The van der Waals surface area contributed by atoms with Gasteiger partial charge < -0.3 is 24.3 Å². The van der Waals surface area contributed by atoms with Gasteiger partial charge in [-0.15, -0.1) is 0 Å². The monoisotopic (exact) mass is 405 g/mol. The highest BCUT2D eigenvalue weighted by Crippen LogP contribution is 2.38. The third kappa shape index (κ3) is 5.40. The highest BCUT2D eigenvalue weighted by Gasteiger charge is 2.21. The lowest BCUT2D eigenvalue weighted by Crippen LogP contribution is -2.31. The van der Waals surface area contributed by atoms with Crippen LogP contribution in [-0.2, 0) is 20.7 Å². The van der Waals surface area contributed by atoms with Gasteiger partial charge in [0.1, 0.15) is 5.82 Å². The lowest BCUT2D eigenvalue weighted by molar-refractivity contribution is -0.152. The van der Waals surface area contributed by atoms with Gasteiger partial charge in [-0.2, -0.15) is 5.10 Å². The Morgan fingerprint density at radius 2 is 1.69 bits per heavy atom. The molecule has 0 spiro atoms. The average molecular weight is 405 g/mol. The van der Waals surface area contributed by atoms with Crippen LogP contribution in [0.3, 0.4) is 0 Å². The first-order valence-electron chi connectivity index (χ1n) is 9.13. The van der Waals surface area contributed by atoms with Crippen molar-refractivity contribution in [2.75, 3.05) is 26.6 Å². The molecule has 9 heteroatoms. The smallest absolute Gasteiger partial charge is 0.311 e. The van der Waals surface area contributed by atoms with Crippen LogP contribution >= 0.6 is 0 Å². The van der Waals surface area contributed by atoms with Gasteiger partial charge in [0.25, 0.3) is 5.91 Å². The average Bonchev–Trinajstić information content (AvgIpc) is 3.15. The number of carbonyl (C=O) groups excluding carboxylic acids is 2. The fourth-order valence-corrected chi connectivity index (χ4v) is 2.75. The molecule has 0 fully saturated rings. The van der Waals surface area contributed by atoms with Crippen molar-refractivity contribution in [1.29, 1.82) is 0 Å². The van der Waals surface area contributed by atoms with Gasteiger partial charge in [-0.05, 0) is 38.5 Å². The van der Waals surface area contributed by atoms with Crippen LogP contribution in [0.25, 0.3) is 0 Å². The van der Waals surface area contributed by atoms with E-state index in [1.54, 1.807) is 29.1 Å². The Morgan fingerprint density at radius 3 is 2.21 bits per heavy atom. The molecule has 1 aromatic carbocycles. The van der Waals surface area contributed by atoms with Crippen LogP contribution in [0, 0.1) is 0 Å². The number of nitrogens with zero attached hydrogens (tertiary/aromatic N) is 2. The lowest BCUT2D eigenvalue weighted by Gasteiger charge is -2.16. The van der Waals surface area contributed by atoms with E-state index in [1.165, 1.54) is 28.3 Å². The summed E-state index contributed by atoms with van der Waals surface area (Å²) >= 11 is 0. The van der Waals surface area contributed by atoms with Crippen molar-refractivity contribution in [1.82, 2.24) is 9.78 Å². The maximum absolute atomic E-state index is 12.4. The van der Waals surface area contributed by atoms with Crippen molar-refractivity contribution in [2.45, 2.75) is 39.3 Å². The van der Waals surface area contributed by atoms with Crippen LogP contribution < -0.4 is 19.5 Å². The molecule has 1 amide bonds. The van der Waals surface area contributed by atoms with E-state index in [2.05, 4.69) is 10.4 Å². The number of rotatable bonds is 9. The molecule has 2 rings (SSSR count). The molecule has 0 saturated carbocycles. The molecule has 0 aliphatic rings. The Kier molecular flexibility index (Phi) is 7.46. The Morgan fingerprint density at radius 1 is 1.07 bits per heavy atom. The number of carbonyl (C=O) groups is 2. The third-order valence-electron chi connectivity index (χ3n) is 4.16. The third-order valence-corrected chi connectivity index (χ3v) is 4.16. The summed E-state index contributed by atoms with van der Waals surface area (Å²) in [5.74, 6) is 0.842. The van der Waals surface area contributed by atoms with Crippen LogP contribution in [0.2, 0.25) is 0 Å². The van der Waals surface area contributed by atoms with E-state index in [4.69, 9.17) is 18.9 Å². The van der Waals surface area contributed by atoms with Crippen molar-refractivity contribution >= 4 is 17.7 Å². The van der Waals surface area contributed by atoms with Gasteiger partial charge >= 0.3 is 5.97 Å². The van der Waals surface area contributed by atoms with Crippen molar-refractivity contribution in [3.8, 4) is 17.2 Å². The molecule has 0 aliphatic carbocycles. The Hall–Kier alpha value is -3.23. The quantitative estimate of drug-likeness (QED) is 0.640. The molecule has 1 aromatic heterocycles. The zero-order chi connectivity index (χ0) is 21.6. The molecule has 1 N–H and O–H groups in total. The van der Waals surface area contributed by atoms with Gasteiger partial charge in [-0.1, -0.05) is 0 Å². The first kappa shape index (κ1) is 22.1. The largest absolute Gasteiger partial charge is 0.493 e. The molecule has 0 bridgehead atoms. The molecule has 0 aliphatic heterocycles. The van der Waals surface area contributed by atoms with E-state index >= 15 is 0 Å². The fraction of sp³-hybridized carbons (Fsp3) is 0.450. The van der Waals surface area contributed by atoms with Gasteiger partial charge in [0.15, 0.2) is 17.6 Å². The van der Waals surface area contributed by atoms with E-state index in [-0.39, 0.29) is 12.5 Å². The minimum Gasteiger partial charge on any atom is -0.493 e. The number of ether oxygens (including phenoxy) is 4. The highest BCUT2D eigenvalue weighted by atomic mass is 16.5. The highest BCUT2D eigenvalue weighted by molar-refractivity contribution is 5.94. The van der Waals surface area contributed by atoms with Gasteiger partial charge in [0, 0.05) is 12.1 Å². The molecule has 158 valence electrons. The lowest BCUT2D eigenvalue weighted by atomic mass is 10.1. The molecular formula is C20H27N3O6. The van der Waals surface area contributed by atoms with Gasteiger partial charge in [-0.3, -0.25) is 9.59 Å². The summed E-state index contributed by atoms with van der Waals surface area (Å²) in [6, 6.07) is 5.09. The number of esters is 1. The summed E-state index contributed by atoms with van der Waals surface area (Å²) < 4.78 is 22.8. The van der Waals surface area contributed by atoms with Gasteiger partial charge in [0.05, 0.1) is 33.9 Å². The molecule has 1 heterocycles. The zero-order valence-electron chi connectivity index (χ0n) is 17.5. The molecule has 2 aromatic rings. The Balaban J connectivity index is 2.03. The van der Waals surface area contributed by atoms with Crippen molar-refractivity contribution in [2.24, 2.45) is 0 Å². The second kappa shape index (κ2) is 9.81. The SMILES string of the molecule is COc1cc(CC(=O)O[C@H](C)C(=O)Nc2ccnn2C(C)C)cc(OC)c1OC. The predicted octanol–water partition coefficient (Wildman–Crippen LogP) is 2.60. The maximum Gasteiger partial charge on any atom is 0.311 e. The van der Waals surface area contributed by atoms with E-state index in [0.717, 1.165) is 0 Å². The van der Waals surface area contributed by atoms with E-state index < -0.39 is 18.0 Å². The summed E-state index contributed by atoms with van der Waals surface area (Å²) in [5.41, 5.74) is 0.606.